The molecular weight excluding hydrogens is 342 g/mol. The average Bonchev–Trinajstić information content (AvgIpc) is 3.11. The maximum atomic E-state index is 12.5. The van der Waals surface area contributed by atoms with E-state index in [1.165, 1.54) is 11.3 Å². The summed E-state index contributed by atoms with van der Waals surface area (Å²) < 4.78 is 11.2. The zero-order chi connectivity index (χ0) is 17.8. The molecule has 0 saturated carbocycles. The molecule has 1 aliphatic rings. The Morgan fingerprint density at radius 1 is 1.28 bits per heavy atom. The molecule has 8 heteroatoms. The van der Waals surface area contributed by atoms with Gasteiger partial charge in [-0.25, -0.2) is 4.98 Å². The van der Waals surface area contributed by atoms with Crippen LogP contribution in [-0.4, -0.2) is 35.6 Å². The molecule has 0 aliphatic carbocycles. The van der Waals surface area contributed by atoms with E-state index < -0.39 is 12.1 Å². The number of rotatable bonds is 5. The SMILES string of the molecule is CC(C)[C@@H](NC(=O)C1COc2ccccc2O1)C(=O)Nc1nccs1. The molecule has 25 heavy (non-hydrogen) atoms. The van der Waals surface area contributed by atoms with Crippen molar-refractivity contribution in [3.05, 3.63) is 35.8 Å². The molecule has 0 saturated heterocycles. The summed E-state index contributed by atoms with van der Waals surface area (Å²) in [6.07, 6.45) is 0.803. The highest BCUT2D eigenvalue weighted by molar-refractivity contribution is 7.13. The van der Waals surface area contributed by atoms with Crippen molar-refractivity contribution in [3.8, 4) is 11.5 Å². The molecule has 1 unspecified atom stereocenters. The molecule has 1 aliphatic heterocycles. The van der Waals surface area contributed by atoms with Gasteiger partial charge < -0.3 is 20.1 Å². The lowest BCUT2D eigenvalue weighted by molar-refractivity contribution is -0.134. The molecule has 3 rings (SSSR count). The lowest BCUT2D eigenvalue weighted by atomic mass is 10.0. The van der Waals surface area contributed by atoms with Crippen molar-refractivity contribution in [2.45, 2.75) is 26.0 Å². The van der Waals surface area contributed by atoms with Crippen LogP contribution in [0.15, 0.2) is 35.8 Å². The second kappa shape index (κ2) is 7.52. The van der Waals surface area contributed by atoms with Crippen LogP contribution in [0.2, 0.25) is 0 Å². The van der Waals surface area contributed by atoms with E-state index in [2.05, 4.69) is 15.6 Å². The average molecular weight is 361 g/mol. The second-order valence-electron chi connectivity index (χ2n) is 5.92. The number of hydrogen-bond donors (Lipinski definition) is 2. The van der Waals surface area contributed by atoms with Crippen molar-refractivity contribution in [1.82, 2.24) is 10.3 Å². The number of nitrogens with one attached hydrogen (secondary N) is 2. The minimum Gasteiger partial charge on any atom is -0.485 e. The van der Waals surface area contributed by atoms with Crippen molar-refractivity contribution >= 4 is 28.3 Å². The lowest BCUT2D eigenvalue weighted by Gasteiger charge is -2.28. The highest BCUT2D eigenvalue weighted by atomic mass is 32.1. The fourth-order valence-electron chi connectivity index (χ4n) is 2.40. The van der Waals surface area contributed by atoms with Crippen molar-refractivity contribution in [2.75, 3.05) is 11.9 Å². The maximum absolute atomic E-state index is 12.5. The van der Waals surface area contributed by atoms with Gasteiger partial charge in [0.2, 0.25) is 12.0 Å². The summed E-state index contributed by atoms with van der Waals surface area (Å²) in [5, 5.41) is 7.72. The number of hydrogen-bond acceptors (Lipinski definition) is 6. The van der Waals surface area contributed by atoms with Gasteiger partial charge >= 0.3 is 0 Å². The van der Waals surface area contributed by atoms with Crippen LogP contribution in [0.3, 0.4) is 0 Å². The van der Waals surface area contributed by atoms with E-state index in [0.29, 0.717) is 16.6 Å². The molecule has 0 bridgehead atoms. The smallest absolute Gasteiger partial charge is 0.265 e. The Labute approximate surface area is 149 Å². The van der Waals surface area contributed by atoms with Gasteiger partial charge in [-0.05, 0) is 18.1 Å². The normalized spacial score (nSPS) is 17.0. The number of carbonyl (C=O) groups is 2. The lowest BCUT2D eigenvalue weighted by Crippen LogP contribution is -2.53. The van der Waals surface area contributed by atoms with Crippen molar-refractivity contribution in [3.63, 3.8) is 0 Å². The molecule has 0 fully saturated rings. The quantitative estimate of drug-likeness (QED) is 0.851. The molecule has 1 aromatic heterocycles. The first-order valence-electron chi connectivity index (χ1n) is 7.94. The minimum atomic E-state index is -0.802. The third kappa shape index (κ3) is 4.08. The summed E-state index contributed by atoms with van der Waals surface area (Å²) in [5.74, 6) is 0.328. The summed E-state index contributed by atoms with van der Waals surface area (Å²) in [7, 11) is 0. The summed E-state index contributed by atoms with van der Waals surface area (Å²) in [5.41, 5.74) is 0. The number of aromatic nitrogens is 1. The van der Waals surface area contributed by atoms with E-state index in [4.69, 9.17) is 9.47 Å². The number of carbonyl (C=O) groups excluding carboxylic acids is 2. The molecule has 2 aromatic rings. The monoisotopic (exact) mass is 361 g/mol. The maximum Gasteiger partial charge on any atom is 0.265 e. The van der Waals surface area contributed by atoms with Crippen LogP contribution in [0.25, 0.3) is 0 Å². The van der Waals surface area contributed by atoms with Gasteiger partial charge in [0.1, 0.15) is 12.6 Å². The first-order valence-corrected chi connectivity index (χ1v) is 8.82. The van der Waals surface area contributed by atoms with E-state index in [1.807, 2.05) is 19.9 Å². The van der Waals surface area contributed by atoms with Crippen molar-refractivity contribution in [1.29, 1.82) is 0 Å². The predicted octanol–water partition coefficient (Wildman–Crippen LogP) is 2.06. The Hall–Kier alpha value is -2.61. The van der Waals surface area contributed by atoms with E-state index >= 15 is 0 Å². The topological polar surface area (TPSA) is 89.5 Å². The first kappa shape index (κ1) is 17.2. The molecule has 1 aromatic carbocycles. The Morgan fingerprint density at radius 2 is 2.04 bits per heavy atom. The Balaban J connectivity index is 1.64. The molecular formula is C17H19N3O4S. The van der Waals surface area contributed by atoms with Crippen LogP contribution < -0.4 is 20.1 Å². The van der Waals surface area contributed by atoms with E-state index in [-0.39, 0.29) is 24.3 Å². The highest BCUT2D eigenvalue weighted by Crippen LogP contribution is 2.30. The fraction of sp³-hybridized carbons (Fsp3) is 0.353. The van der Waals surface area contributed by atoms with E-state index in [0.717, 1.165) is 0 Å². The number of amides is 2. The van der Waals surface area contributed by atoms with Gasteiger partial charge in [-0.1, -0.05) is 26.0 Å². The van der Waals surface area contributed by atoms with Crippen LogP contribution in [0.4, 0.5) is 5.13 Å². The highest BCUT2D eigenvalue weighted by Gasteiger charge is 2.32. The standard InChI is InChI=1S/C17H19N3O4S/c1-10(2)14(16(22)20-17-18-7-8-25-17)19-15(21)13-9-23-11-5-3-4-6-12(11)24-13/h3-8,10,13-14H,9H2,1-2H3,(H,19,21)(H,18,20,22)/t13?,14-/m1/s1. The summed E-state index contributed by atoms with van der Waals surface area (Å²) >= 11 is 1.32. The number of benzene rings is 1. The zero-order valence-corrected chi connectivity index (χ0v) is 14.7. The number of nitrogens with zero attached hydrogens (tertiary/aromatic N) is 1. The molecule has 132 valence electrons. The van der Waals surface area contributed by atoms with E-state index in [1.54, 1.807) is 29.8 Å². The summed E-state index contributed by atoms with van der Waals surface area (Å²) in [6, 6.07) is 6.46. The fourth-order valence-corrected chi connectivity index (χ4v) is 2.93. The second-order valence-corrected chi connectivity index (χ2v) is 6.82. The van der Waals surface area contributed by atoms with Gasteiger partial charge in [0.15, 0.2) is 16.6 Å². The largest absolute Gasteiger partial charge is 0.485 e. The van der Waals surface area contributed by atoms with Gasteiger partial charge in [-0.2, -0.15) is 0 Å². The van der Waals surface area contributed by atoms with Crippen LogP contribution in [-0.2, 0) is 9.59 Å². The number of para-hydroxylation sites is 2. The minimum absolute atomic E-state index is 0.0966. The third-order valence-corrected chi connectivity index (χ3v) is 4.40. The molecule has 2 atom stereocenters. The first-order chi connectivity index (χ1) is 12.0. The van der Waals surface area contributed by atoms with E-state index in [9.17, 15) is 9.59 Å². The van der Waals surface area contributed by atoms with Gasteiger partial charge in [0, 0.05) is 11.6 Å². The van der Waals surface area contributed by atoms with Crippen molar-refractivity contribution in [2.24, 2.45) is 5.92 Å². The Bertz CT molecular complexity index is 748. The van der Waals surface area contributed by atoms with Gasteiger partial charge in [0.05, 0.1) is 0 Å². The molecule has 2 heterocycles. The van der Waals surface area contributed by atoms with Gasteiger partial charge in [0.25, 0.3) is 5.91 Å². The summed E-state index contributed by atoms with van der Waals surface area (Å²) in [6.45, 7) is 3.82. The summed E-state index contributed by atoms with van der Waals surface area (Å²) in [4.78, 5) is 29.0. The number of anilines is 1. The molecule has 7 nitrogen and oxygen atoms in total. The van der Waals surface area contributed by atoms with Gasteiger partial charge in [-0.15, -0.1) is 11.3 Å². The Kier molecular flexibility index (Phi) is 5.18. The van der Waals surface area contributed by atoms with Crippen molar-refractivity contribution < 1.29 is 19.1 Å². The molecule has 0 spiro atoms. The predicted molar refractivity (Wildman–Crippen MR) is 93.9 cm³/mol. The molecule has 0 radical (unpaired) electrons. The number of ether oxygens (including phenoxy) is 2. The van der Waals surface area contributed by atoms with Crippen LogP contribution in [0.1, 0.15) is 13.8 Å². The van der Waals surface area contributed by atoms with Crippen LogP contribution >= 0.6 is 11.3 Å². The molecule has 2 amide bonds. The van der Waals surface area contributed by atoms with Gasteiger partial charge in [-0.3, -0.25) is 9.59 Å². The van der Waals surface area contributed by atoms with Crippen LogP contribution in [0.5, 0.6) is 11.5 Å². The number of fused-ring (bicyclic) bond motifs is 1. The Morgan fingerprint density at radius 3 is 2.72 bits per heavy atom. The zero-order valence-electron chi connectivity index (χ0n) is 13.9. The number of thiazole rings is 1. The van der Waals surface area contributed by atoms with Crippen LogP contribution in [0, 0.1) is 5.92 Å². The molecule has 2 N–H and O–H groups in total. The third-order valence-electron chi connectivity index (χ3n) is 3.71.